The van der Waals surface area contributed by atoms with Gasteiger partial charge in [0.05, 0.1) is 0 Å². The van der Waals surface area contributed by atoms with Crippen LogP contribution in [0.2, 0.25) is 0 Å². The molecule has 1 N–H and O–H groups in total. The summed E-state index contributed by atoms with van der Waals surface area (Å²) in [5.74, 6) is 0.517. The number of carbonyl (C=O) groups excluding carboxylic acids is 1. The lowest BCUT2D eigenvalue weighted by Gasteiger charge is -2.26. The number of rotatable bonds is 2. The molecule has 2 rings (SSSR count). The first-order valence-corrected chi connectivity index (χ1v) is 5.67. The average Bonchev–Trinajstić information content (AvgIpc) is 2.29. The highest BCUT2D eigenvalue weighted by Gasteiger charge is 2.22. The van der Waals surface area contributed by atoms with Crippen molar-refractivity contribution in [2.45, 2.75) is 18.9 Å². The summed E-state index contributed by atoms with van der Waals surface area (Å²) in [6, 6.07) is 8.38. The van der Waals surface area contributed by atoms with Crippen LogP contribution in [-0.4, -0.2) is 31.4 Å². The molecule has 1 aliphatic rings. The molecule has 86 valence electrons. The maximum absolute atomic E-state index is 11.7. The summed E-state index contributed by atoms with van der Waals surface area (Å²) >= 11 is 0. The number of carbonyl (C=O) groups is 1. The Bertz CT molecular complexity index is 387. The number of amides is 1. The van der Waals surface area contributed by atoms with Gasteiger partial charge in [0.2, 0.25) is 5.91 Å². The van der Waals surface area contributed by atoms with E-state index < -0.39 is 0 Å². The monoisotopic (exact) mass is 218 g/mol. The van der Waals surface area contributed by atoms with E-state index in [0.717, 1.165) is 13.1 Å². The molecular weight excluding hydrogens is 200 g/mol. The van der Waals surface area contributed by atoms with Gasteiger partial charge >= 0.3 is 0 Å². The molecule has 3 heteroatoms. The van der Waals surface area contributed by atoms with Crippen LogP contribution in [0.1, 0.15) is 23.5 Å². The average molecular weight is 218 g/mol. The lowest BCUT2D eigenvalue weighted by molar-refractivity contribution is -0.129. The summed E-state index contributed by atoms with van der Waals surface area (Å²) in [5.41, 5.74) is 2.65. The second-order valence-corrected chi connectivity index (χ2v) is 4.52. The standard InChI is InChI=1S/C13H18N2O/c1-15(2)13(16)7-11-9-14-8-10-5-3-4-6-12(10)11/h3-6,11,14H,7-9H2,1-2H3. The molecule has 3 nitrogen and oxygen atoms in total. The third kappa shape index (κ3) is 2.25. The smallest absolute Gasteiger partial charge is 0.222 e. The van der Waals surface area contributed by atoms with Crippen molar-refractivity contribution in [1.82, 2.24) is 10.2 Å². The Morgan fingerprint density at radius 2 is 2.19 bits per heavy atom. The van der Waals surface area contributed by atoms with E-state index in [9.17, 15) is 4.79 Å². The highest BCUT2D eigenvalue weighted by molar-refractivity contribution is 5.76. The van der Waals surface area contributed by atoms with Crippen LogP contribution >= 0.6 is 0 Å². The predicted molar refractivity (Wildman–Crippen MR) is 64.2 cm³/mol. The summed E-state index contributed by atoms with van der Waals surface area (Å²) in [6.45, 7) is 1.82. The van der Waals surface area contributed by atoms with E-state index in [4.69, 9.17) is 0 Å². The minimum Gasteiger partial charge on any atom is -0.349 e. The van der Waals surface area contributed by atoms with Crippen LogP contribution < -0.4 is 5.32 Å². The second kappa shape index (κ2) is 4.66. The summed E-state index contributed by atoms with van der Waals surface area (Å²) in [6.07, 6.45) is 0.594. The van der Waals surface area contributed by atoms with Crippen LogP contribution in [-0.2, 0) is 11.3 Å². The molecular formula is C13H18N2O. The molecule has 0 bridgehead atoms. The lowest BCUT2D eigenvalue weighted by atomic mass is 9.88. The maximum atomic E-state index is 11.7. The summed E-state index contributed by atoms with van der Waals surface area (Å²) in [4.78, 5) is 13.4. The molecule has 1 aromatic carbocycles. The number of nitrogens with zero attached hydrogens (tertiary/aromatic N) is 1. The van der Waals surface area contributed by atoms with Crippen LogP contribution in [0.25, 0.3) is 0 Å². The fraction of sp³-hybridized carbons (Fsp3) is 0.462. The first kappa shape index (κ1) is 11.1. The third-order valence-electron chi connectivity index (χ3n) is 3.12. The van der Waals surface area contributed by atoms with Crippen molar-refractivity contribution in [3.8, 4) is 0 Å². The first-order chi connectivity index (χ1) is 7.68. The minimum atomic E-state index is 0.198. The number of hydrogen-bond donors (Lipinski definition) is 1. The molecule has 0 saturated carbocycles. The summed E-state index contributed by atoms with van der Waals surface area (Å²) in [5, 5.41) is 3.36. The van der Waals surface area contributed by atoms with E-state index in [1.807, 2.05) is 14.1 Å². The summed E-state index contributed by atoms with van der Waals surface area (Å²) in [7, 11) is 3.62. The Labute approximate surface area is 96.5 Å². The van der Waals surface area contributed by atoms with E-state index in [1.165, 1.54) is 11.1 Å². The third-order valence-corrected chi connectivity index (χ3v) is 3.12. The van der Waals surface area contributed by atoms with E-state index in [1.54, 1.807) is 4.90 Å². The molecule has 0 saturated heterocycles. The number of benzene rings is 1. The van der Waals surface area contributed by atoms with Gasteiger partial charge in [-0.1, -0.05) is 24.3 Å². The fourth-order valence-electron chi connectivity index (χ4n) is 2.16. The highest BCUT2D eigenvalue weighted by atomic mass is 16.2. The van der Waals surface area contributed by atoms with Gasteiger partial charge in [0.25, 0.3) is 0 Å². The fourth-order valence-corrected chi connectivity index (χ4v) is 2.16. The molecule has 1 atom stereocenters. The van der Waals surface area contributed by atoms with E-state index in [0.29, 0.717) is 12.3 Å². The highest BCUT2D eigenvalue weighted by Crippen LogP contribution is 2.26. The Kier molecular flexibility index (Phi) is 3.25. The molecule has 0 spiro atoms. The zero-order valence-corrected chi connectivity index (χ0v) is 9.86. The zero-order chi connectivity index (χ0) is 11.5. The Hall–Kier alpha value is -1.35. The van der Waals surface area contributed by atoms with Gasteiger partial charge in [0.1, 0.15) is 0 Å². The molecule has 0 aromatic heterocycles. The topological polar surface area (TPSA) is 32.3 Å². The van der Waals surface area contributed by atoms with Gasteiger partial charge in [-0.2, -0.15) is 0 Å². The molecule has 0 fully saturated rings. The van der Waals surface area contributed by atoms with Crippen molar-refractivity contribution in [2.24, 2.45) is 0 Å². The van der Waals surface area contributed by atoms with E-state index >= 15 is 0 Å². The molecule has 1 aliphatic heterocycles. The molecule has 1 unspecified atom stereocenters. The van der Waals surface area contributed by atoms with Gasteiger partial charge in [-0.15, -0.1) is 0 Å². The van der Waals surface area contributed by atoms with Gasteiger partial charge < -0.3 is 10.2 Å². The Balaban J connectivity index is 2.16. The van der Waals surface area contributed by atoms with Gasteiger partial charge in [-0.3, -0.25) is 4.79 Å². The van der Waals surface area contributed by atoms with Crippen molar-refractivity contribution in [2.75, 3.05) is 20.6 Å². The predicted octanol–water partition coefficient (Wildman–Crippen LogP) is 1.35. The largest absolute Gasteiger partial charge is 0.349 e. The molecule has 1 heterocycles. The number of nitrogens with one attached hydrogen (secondary N) is 1. The van der Waals surface area contributed by atoms with Gasteiger partial charge in [0, 0.05) is 39.5 Å². The SMILES string of the molecule is CN(C)C(=O)CC1CNCc2ccccc21. The van der Waals surface area contributed by atoms with Crippen molar-refractivity contribution in [3.63, 3.8) is 0 Å². The number of fused-ring (bicyclic) bond motifs is 1. The van der Waals surface area contributed by atoms with Gasteiger partial charge in [-0.05, 0) is 11.1 Å². The normalized spacial score (nSPS) is 19.0. The van der Waals surface area contributed by atoms with Crippen molar-refractivity contribution in [1.29, 1.82) is 0 Å². The Morgan fingerprint density at radius 3 is 2.94 bits per heavy atom. The number of hydrogen-bond acceptors (Lipinski definition) is 2. The Morgan fingerprint density at radius 1 is 1.44 bits per heavy atom. The maximum Gasteiger partial charge on any atom is 0.222 e. The van der Waals surface area contributed by atoms with Crippen LogP contribution in [0, 0.1) is 0 Å². The molecule has 16 heavy (non-hydrogen) atoms. The van der Waals surface area contributed by atoms with E-state index in [-0.39, 0.29) is 5.91 Å². The summed E-state index contributed by atoms with van der Waals surface area (Å²) < 4.78 is 0. The molecule has 1 amide bonds. The van der Waals surface area contributed by atoms with Crippen molar-refractivity contribution >= 4 is 5.91 Å². The first-order valence-electron chi connectivity index (χ1n) is 5.67. The van der Waals surface area contributed by atoms with Crippen LogP contribution in [0.4, 0.5) is 0 Å². The van der Waals surface area contributed by atoms with Crippen molar-refractivity contribution in [3.05, 3.63) is 35.4 Å². The molecule has 0 radical (unpaired) electrons. The lowest BCUT2D eigenvalue weighted by Crippen LogP contribution is -2.32. The van der Waals surface area contributed by atoms with Gasteiger partial charge in [0.15, 0.2) is 0 Å². The zero-order valence-electron chi connectivity index (χ0n) is 9.86. The minimum absolute atomic E-state index is 0.198. The van der Waals surface area contributed by atoms with Crippen LogP contribution in [0.15, 0.2) is 24.3 Å². The van der Waals surface area contributed by atoms with Gasteiger partial charge in [-0.25, -0.2) is 0 Å². The van der Waals surface area contributed by atoms with Crippen molar-refractivity contribution < 1.29 is 4.79 Å². The van der Waals surface area contributed by atoms with Crippen LogP contribution in [0.3, 0.4) is 0 Å². The molecule has 1 aromatic rings. The van der Waals surface area contributed by atoms with Crippen LogP contribution in [0.5, 0.6) is 0 Å². The second-order valence-electron chi connectivity index (χ2n) is 4.52. The quantitative estimate of drug-likeness (QED) is 0.812. The molecule has 0 aliphatic carbocycles. The van der Waals surface area contributed by atoms with E-state index in [2.05, 4.69) is 29.6 Å².